The minimum atomic E-state index is -3.50. The fourth-order valence-electron chi connectivity index (χ4n) is 2.08. The number of carbonyl (C=O) groups excluding carboxylic acids is 1. The number of benzene rings is 2. The topological polar surface area (TPSA) is 75.3 Å². The van der Waals surface area contributed by atoms with Crippen molar-refractivity contribution in [3.05, 3.63) is 59.7 Å². The highest BCUT2D eigenvalue weighted by atomic mass is 32.2. The van der Waals surface area contributed by atoms with Crippen LogP contribution in [-0.2, 0) is 10.0 Å². The Morgan fingerprint density at radius 3 is 2.26 bits per heavy atom. The summed E-state index contributed by atoms with van der Waals surface area (Å²) < 4.78 is 25.6. The molecule has 2 N–H and O–H groups in total. The fraction of sp³-hybridized carbons (Fsp3) is 0.235. The van der Waals surface area contributed by atoms with Gasteiger partial charge < -0.3 is 5.32 Å². The minimum absolute atomic E-state index is 0.123. The van der Waals surface area contributed by atoms with Crippen LogP contribution in [0.2, 0.25) is 0 Å². The number of anilines is 1. The summed E-state index contributed by atoms with van der Waals surface area (Å²) in [5.74, 6) is 0.0946. The summed E-state index contributed by atoms with van der Waals surface area (Å²) in [6.45, 7) is 4.17. The second-order valence-electron chi connectivity index (χ2n) is 5.47. The maximum absolute atomic E-state index is 12.2. The SMILES string of the molecule is CNS(=O)(=O)c1ccc(C(=O)Nc2cccc(C(C)C)c2)cc1. The predicted molar refractivity (Wildman–Crippen MR) is 91.2 cm³/mol. The van der Waals surface area contributed by atoms with Crippen molar-refractivity contribution < 1.29 is 13.2 Å². The Morgan fingerprint density at radius 1 is 1.04 bits per heavy atom. The molecule has 122 valence electrons. The average molecular weight is 332 g/mol. The van der Waals surface area contributed by atoms with Gasteiger partial charge in [0.1, 0.15) is 0 Å². The molecule has 0 saturated heterocycles. The van der Waals surface area contributed by atoms with Gasteiger partial charge in [0, 0.05) is 11.3 Å². The van der Waals surface area contributed by atoms with Crippen LogP contribution in [0.5, 0.6) is 0 Å². The third-order valence-electron chi connectivity index (χ3n) is 3.51. The summed E-state index contributed by atoms with van der Waals surface area (Å²) in [7, 11) is -2.15. The molecule has 0 aliphatic carbocycles. The second kappa shape index (κ2) is 6.93. The number of hydrogen-bond donors (Lipinski definition) is 2. The molecule has 0 atom stereocenters. The van der Waals surface area contributed by atoms with E-state index in [4.69, 9.17) is 0 Å². The molecule has 2 rings (SSSR count). The van der Waals surface area contributed by atoms with E-state index in [1.165, 1.54) is 31.3 Å². The number of amides is 1. The van der Waals surface area contributed by atoms with E-state index in [1.807, 2.05) is 24.3 Å². The van der Waals surface area contributed by atoms with Gasteiger partial charge in [-0.3, -0.25) is 4.79 Å². The third kappa shape index (κ3) is 4.18. The zero-order valence-corrected chi connectivity index (χ0v) is 14.1. The van der Waals surface area contributed by atoms with Crippen LogP contribution in [0.3, 0.4) is 0 Å². The molecule has 0 aliphatic heterocycles. The van der Waals surface area contributed by atoms with Crippen molar-refractivity contribution in [2.45, 2.75) is 24.7 Å². The molecule has 0 aliphatic rings. The van der Waals surface area contributed by atoms with Gasteiger partial charge >= 0.3 is 0 Å². The third-order valence-corrected chi connectivity index (χ3v) is 4.94. The van der Waals surface area contributed by atoms with E-state index in [2.05, 4.69) is 23.9 Å². The molecule has 0 radical (unpaired) electrons. The highest BCUT2D eigenvalue weighted by molar-refractivity contribution is 7.89. The maximum atomic E-state index is 12.2. The molecule has 0 unspecified atom stereocenters. The van der Waals surface area contributed by atoms with Crippen molar-refractivity contribution in [3.8, 4) is 0 Å². The van der Waals surface area contributed by atoms with Crippen LogP contribution in [0, 0.1) is 0 Å². The summed E-state index contributed by atoms with van der Waals surface area (Å²) in [4.78, 5) is 12.4. The molecule has 0 spiro atoms. The number of sulfonamides is 1. The molecular formula is C17H20N2O3S. The highest BCUT2D eigenvalue weighted by Gasteiger charge is 2.13. The predicted octanol–water partition coefficient (Wildman–Crippen LogP) is 2.97. The Hall–Kier alpha value is -2.18. The smallest absolute Gasteiger partial charge is 0.255 e. The number of hydrogen-bond acceptors (Lipinski definition) is 3. The van der Waals surface area contributed by atoms with Gasteiger partial charge in [-0.05, 0) is 54.9 Å². The molecule has 5 nitrogen and oxygen atoms in total. The highest BCUT2D eigenvalue weighted by Crippen LogP contribution is 2.19. The van der Waals surface area contributed by atoms with E-state index in [1.54, 1.807) is 0 Å². The lowest BCUT2D eigenvalue weighted by Crippen LogP contribution is -2.19. The van der Waals surface area contributed by atoms with E-state index < -0.39 is 10.0 Å². The standard InChI is InChI=1S/C17H20N2O3S/c1-12(2)14-5-4-6-15(11-14)19-17(20)13-7-9-16(10-8-13)23(21,22)18-3/h4-12,18H,1-3H3,(H,19,20). The van der Waals surface area contributed by atoms with Crippen LogP contribution in [-0.4, -0.2) is 21.4 Å². The lowest BCUT2D eigenvalue weighted by molar-refractivity contribution is 0.102. The Bertz CT molecular complexity index is 797. The molecule has 0 bridgehead atoms. The Balaban J connectivity index is 2.17. The van der Waals surface area contributed by atoms with Gasteiger partial charge in [-0.1, -0.05) is 26.0 Å². The lowest BCUT2D eigenvalue weighted by atomic mass is 10.0. The van der Waals surface area contributed by atoms with Gasteiger partial charge in [-0.2, -0.15) is 0 Å². The number of nitrogens with one attached hydrogen (secondary N) is 2. The summed E-state index contributed by atoms with van der Waals surface area (Å²) in [5.41, 5.74) is 2.25. The molecule has 23 heavy (non-hydrogen) atoms. The van der Waals surface area contributed by atoms with E-state index in [0.29, 0.717) is 17.2 Å². The fourth-order valence-corrected chi connectivity index (χ4v) is 2.81. The van der Waals surface area contributed by atoms with E-state index in [9.17, 15) is 13.2 Å². The van der Waals surface area contributed by atoms with Crippen LogP contribution < -0.4 is 10.0 Å². The maximum Gasteiger partial charge on any atom is 0.255 e. The number of rotatable bonds is 5. The monoisotopic (exact) mass is 332 g/mol. The minimum Gasteiger partial charge on any atom is -0.322 e. The van der Waals surface area contributed by atoms with E-state index in [0.717, 1.165) is 5.56 Å². The van der Waals surface area contributed by atoms with Gasteiger partial charge in [-0.15, -0.1) is 0 Å². The average Bonchev–Trinajstić information content (AvgIpc) is 2.55. The molecule has 0 saturated carbocycles. The van der Waals surface area contributed by atoms with Gasteiger partial charge in [0.15, 0.2) is 0 Å². The Kier molecular flexibility index (Phi) is 5.18. The molecule has 6 heteroatoms. The zero-order chi connectivity index (χ0) is 17.0. The van der Waals surface area contributed by atoms with Crippen LogP contribution in [0.1, 0.15) is 35.7 Å². The number of carbonyl (C=O) groups is 1. The van der Waals surface area contributed by atoms with E-state index in [-0.39, 0.29) is 10.8 Å². The molecule has 1 amide bonds. The summed E-state index contributed by atoms with van der Waals surface area (Å²) >= 11 is 0. The van der Waals surface area contributed by atoms with Crippen molar-refractivity contribution >= 4 is 21.6 Å². The normalized spacial score (nSPS) is 11.5. The first kappa shape index (κ1) is 17.2. The molecule has 0 aromatic heterocycles. The largest absolute Gasteiger partial charge is 0.322 e. The first-order valence-electron chi connectivity index (χ1n) is 7.28. The summed E-state index contributed by atoms with van der Waals surface area (Å²) in [5, 5.41) is 2.82. The molecule has 2 aromatic rings. The first-order valence-corrected chi connectivity index (χ1v) is 8.76. The lowest BCUT2D eigenvalue weighted by Gasteiger charge is -2.10. The van der Waals surface area contributed by atoms with Crippen molar-refractivity contribution in [1.82, 2.24) is 4.72 Å². The van der Waals surface area contributed by atoms with Crippen LogP contribution in [0.25, 0.3) is 0 Å². The molecule has 0 heterocycles. The Morgan fingerprint density at radius 2 is 1.70 bits per heavy atom. The van der Waals surface area contributed by atoms with E-state index >= 15 is 0 Å². The molecule has 2 aromatic carbocycles. The van der Waals surface area contributed by atoms with Crippen LogP contribution >= 0.6 is 0 Å². The Labute approximate surface area is 136 Å². The first-order chi connectivity index (χ1) is 10.8. The van der Waals surface area contributed by atoms with Gasteiger partial charge in [0.2, 0.25) is 10.0 Å². The zero-order valence-electron chi connectivity index (χ0n) is 13.3. The van der Waals surface area contributed by atoms with Gasteiger partial charge in [0.05, 0.1) is 4.90 Å². The van der Waals surface area contributed by atoms with Crippen molar-refractivity contribution in [1.29, 1.82) is 0 Å². The van der Waals surface area contributed by atoms with Gasteiger partial charge in [-0.25, -0.2) is 13.1 Å². The summed E-state index contributed by atoms with van der Waals surface area (Å²) in [6, 6.07) is 13.5. The van der Waals surface area contributed by atoms with Crippen molar-refractivity contribution in [2.75, 3.05) is 12.4 Å². The van der Waals surface area contributed by atoms with Crippen molar-refractivity contribution in [2.24, 2.45) is 0 Å². The molecular weight excluding hydrogens is 312 g/mol. The quantitative estimate of drug-likeness (QED) is 0.884. The van der Waals surface area contributed by atoms with Crippen LogP contribution in [0.4, 0.5) is 5.69 Å². The molecule has 0 fully saturated rings. The van der Waals surface area contributed by atoms with Crippen LogP contribution in [0.15, 0.2) is 53.4 Å². The van der Waals surface area contributed by atoms with Crippen molar-refractivity contribution in [3.63, 3.8) is 0 Å². The summed E-state index contributed by atoms with van der Waals surface area (Å²) in [6.07, 6.45) is 0. The second-order valence-corrected chi connectivity index (χ2v) is 7.35. The van der Waals surface area contributed by atoms with Gasteiger partial charge in [0.25, 0.3) is 5.91 Å².